The molecule has 1 amide bonds. The summed E-state index contributed by atoms with van der Waals surface area (Å²) in [6, 6.07) is 8.95. The first-order valence-electron chi connectivity index (χ1n) is 11.3. The molecule has 0 saturated carbocycles. The minimum atomic E-state index is -4.72. The molecule has 0 saturated heterocycles. The van der Waals surface area contributed by atoms with Gasteiger partial charge in [-0.05, 0) is 50.2 Å². The van der Waals surface area contributed by atoms with Gasteiger partial charge in [0, 0.05) is 28.6 Å². The number of fused-ring (bicyclic) bond motifs is 1. The molecule has 38 heavy (non-hydrogen) atoms. The SMILES string of the molecule is Cc1cc(C)nc(NS(=O)(=O)c2ccc(NC(=O)c3cc4nc(C(C)(C)C)cc(C(F)(F)F)n4n3)cc2)n1. The highest BCUT2D eigenvalue weighted by Gasteiger charge is 2.36. The molecular formula is C24H24F3N7O3S. The lowest BCUT2D eigenvalue weighted by Gasteiger charge is -2.19. The van der Waals surface area contributed by atoms with Gasteiger partial charge in [0.2, 0.25) is 5.95 Å². The van der Waals surface area contributed by atoms with Crippen LogP contribution in [0.2, 0.25) is 0 Å². The lowest BCUT2D eigenvalue weighted by atomic mass is 9.91. The fourth-order valence-corrected chi connectivity index (χ4v) is 4.48. The van der Waals surface area contributed by atoms with Gasteiger partial charge in [-0.3, -0.25) is 4.79 Å². The van der Waals surface area contributed by atoms with E-state index in [-0.39, 0.29) is 33.6 Å². The zero-order chi connectivity index (χ0) is 28.0. The predicted molar refractivity (Wildman–Crippen MR) is 133 cm³/mol. The van der Waals surface area contributed by atoms with E-state index in [4.69, 9.17) is 0 Å². The van der Waals surface area contributed by atoms with Crippen LogP contribution in [-0.2, 0) is 21.6 Å². The van der Waals surface area contributed by atoms with E-state index >= 15 is 0 Å². The summed E-state index contributed by atoms with van der Waals surface area (Å²) >= 11 is 0. The average Bonchev–Trinajstić information content (AvgIpc) is 3.21. The lowest BCUT2D eigenvalue weighted by Crippen LogP contribution is -2.20. The van der Waals surface area contributed by atoms with Crippen LogP contribution in [-0.4, -0.2) is 38.9 Å². The van der Waals surface area contributed by atoms with Gasteiger partial charge < -0.3 is 5.32 Å². The number of nitrogens with one attached hydrogen (secondary N) is 2. The van der Waals surface area contributed by atoms with Gasteiger partial charge in [-0.2, -0.15) is 18.3 Å². The Balaban J connectivity index is 1.57. The van der Waals surface area contributed by atoms with Gasteiger partial charge >= 0.3 is 6.18 Å². The Morgan fingerprint density at radius 3 is 2.08 bits per heavy atom. The van der Waals surface area contributed by atoms with E-state index in [9.17, 15) is 26.4 Å². The monoisotopic (exact) mass is 547 g/mol. The summed E-state index contributed by atoms with van der Waals surface area (Å²) in [5, 5.41) is 6.32. The summed E-state index contributed by atoms with van der Waals surface area (Å²) in [6.07, 6.45) is -4.72. The zero-order valence-electron chi connectivity index (χ0n) is 21.0. The molecule has 0 fully saturated rings. The molecule has 10 nitrogen and oxygen atoms in total. The molecular weight excluding hydrogens is 523 g/mol. The number of rotatable bonds is 5. The molecule has 3 heterocycles. The molecule has 1 aromatic carbocycles. The molecule has 0 aliphatic heterocycles. The summed E-state index contributed by atoms with van der Waals surface area (Å²) in [7, 11) is -4.01. The number of aromatic nitrogens is 5. The number of carbonyl (C=O) groups excluding carboxylic acids is 1. The van der Waals surface area contributed by atoms with Crippen molar-refractivity contribution in [3.8, 4) is 0 Å². The summed E-state index contributed by atoms with van der Waals surface area (Å²) in [6.45, 7) is 8.59. The maximum atomic E-state index is 13.7. The van der Waals surface area contributed by atoms with Crippen molar-refractivity contribution in [3.63, 3.8) is 0 Å². The van der Waals surface area contributed by atoms with Crippen LogP contribution in [0.15, 0.2) is 47.4 Å². The van der Waals surface area contributed by atoms with Crippen molar-refractivity contribution in [1.82, 2.24) is 24.6 Å². The van der Waals surface area contributed by atoms with E-state index in [1.165, 1.54) is 24.3 Å². The Hall–Kier alpha value is -4.07. The van der Waals surface area contributed by atoms with Gasteiger partial charge in [-0.25, -0.2) is 32.6 Å². The van der Waals surface area contributed by atoms with Crippen LogP contribution in [0.5, 0.6) is 0 Å². The Bertz CT molecular complexity index is 1620. The second kappa shape index (κ2) is 9.35. The molecule has 0 atom stereocenters. The van der Waals surface area contributed by atoms with Crippen LogP contribution in [0.3, 0.4) is 0 Å². The van der Waals surface area contributed by atoms with Gasteiger partial charge in [0.25, 0.3) is 15.9 Å². The second-order valence-electron chi connectivity index (χ2n) is 9.63. The maximum Gasteiger partial charge on any atom is 0.433 e. The standard InChI is InChI=1S/C24H24F3N7O3S/c1-13-10-14(2)29-22(28-13)33-38(36,37)16-8-6-15(7-9-16)30-21(35)17-11-20-31-18(23(3,4)5)12-19(24(25,26)27)34(20)32-17/h6-12H,1-5H3,(H,30,35)(H,28,29,33). The van der Waals surface area contributed by atoms with Crippen LogP contribution in [0.1, 0.15) is 54.0 Å². The van der Waals surface area contributed by atoms with Crippen LogP contribution in [0.4, 0.5) is 24.8 Å². The first kappa shape index (κ1) is 27.0. The maximum absolute atomic E-state index is 13.7. The number of benzene rings is 1. The fourth-order valence-electron chi connectivity index (χ4n) is 3.53. The predicted octanol–water partition coefficient (Wildman–Crippen LogP) is 4.51. The van der Waals surface area contributed by atoms with E-state index in [0.29, 0.717) is 15.9 Å². The van der Waals surface area contributed by atoms with Crippen LogP contribution >= 0.6 is 0 Å². The zero-order valence-corrected chi connectivity index (χ0v) is 21.9. The van der Waals surface area contributed by atoms with Crippen molar-refractivity contribution >= 4 is 33.2 Å². The number of amides is 1. The van der Waals surface area contributed by atoms with Gasteiger partial charge in [0.1, 0.15) is 5.69 Å². The number of anilines is 2. The average molecular weight is 548 g/mol. The lowest BCUT2D eigenvalue weighted by molar-refractivity contribution is -0.142. The summed E-state index contributed by atoms with van der Waals surface area (Å²) < 4.78 is 69.4. The van der Waals surface area contributed by atoms with Crippen LogP contribution < -0.4 is 10.0 Å². The molecule has 200 valence electrons. The fraction of sp³-hybridized carbons (Fsp3) is 0.292. The minimum absolute atomic E-state index is 0.0758. The molecule has 4 rings (SSSR count). The molecule has 2 N–H and O–H groups in total. The Morgan fingerprint density at radius 2 is 1.53 bits per heavy atom. The third-order valence-corrected chi connectivity index (χ3v) is 6.69. The molecule has 14 heteroatoms. The van der Waals surface area contributed by atoms with Crippen molar-refractivity contribution in [1.29, 1.82) is 0 Å². The number of hydrogen-bond acceptors (Lipinski definition) is 7. The van der Waals surface area contributed by atoms with Crippen molar-refractivity contribution in [2.45, 2.75) is 51.1 Å². The molecule has 4 aromatic rings. The molecule has 0 spiro atoms. The van der Waals surface area contributed by atoms with Crippen LogP contribution in [0.25, 0.3) is 5.65 Å². The number of halogens is 3. The number of alkyl halides is 3. The van der Waals surface area contributed by atoms with Gasteiger partial charge in [-0.1, -0.05) is 20.8 Å². The normalized spacial score (nSPS) is 12.5. The first-order chi connectivity index (χ1) is 17.5. The summed E-state index contributed by atoms with van der Waals surface area (Å²) in [5.74, 6) is -0.869. The highest BCUT2D eigenvalue weighted by Crippen LogP contribution is 2.32. The first-order valence-corrected chi connectivity index (χ1v) is 12.8. The van der Waals surface area contributed by atoms with E-state index in [2.05, 4.69) is 30.1 Å². The summed E-state index contributed by atoms with van der Waals surface area (Å²) in [4.78, 5) is 25.0. The third-order valence-electron chi connectivity index (χ3n) is 5.35. The molecule has 0 aliphatic carbocycles. The topological polar surface area (TPSA) is 131 Å². The molecule has 0 radical (unpaired) electrons. The highest BCUT2D eigenvalue weighted by atomic mass is 32.2. The van der Waals surface area contributed by atoms with Crippen molar-refractivity contribution in [2.75, 3.05) is 10.0 Å². The van der Waals surface area contributed by atoms with Crippen molar-refractivity contribution in [2.24, 2.45) is 0 Å². The third kappa shape index (κ3) is 5.74. The Labute approximate surface area is 216 Å². The Kier molecular flexibility index (Phi) is 6.64. The largest absolute Gasteiger partial charge is 0.433 e. The number of hydrogen-bond donors (Lipinski definition) is 2. The van der Waals surface area contributed by atoms with E-state index in [0.717, 1.165) is 12.1 Å². The number of nitrogens with zero attached hydrogens (tertiary/aromatic N) is 5. The molecule has 0 aliphatic rings. The highest BCUT2D eigenvalue weighted by molar-refractivity contribution is 7.92. The quantitative estimate of drug-likeness (QED) is 0.376. The summed E-state index contributed by atoms with van der Waals surface area (Å²) in [5.41, 5.74) is -0.569. The van der Waals surface area contributed by atoms with Gasteiger partial charge in [0.15, 0.2) is 11.3 Å². The molecule has 3 aromatic heterocycles. The number of aryl methyl sites for hydroxylation is 2. The Morgan fingerprint density at radius 1 is 0.921 bits per heavy atom. The van der Waals surface area contributed by atoms with E-state index in [1.807, 2.05) is 0 Å². The minimum Gasteiger partial charge on any atom is -0.321 e. The number of carbonyl (C=O) groups is 1. The second-order valence-corrected chi connectivity index (χ2v) is 11.3. The molecule has 0 unspecified atom stereocenters. The van der Waals surface area contributed by atoms with Crippen molar-refractivity contribution in [3.05, 3.63) is 70.9 Å². The van der Waals surface area contributed by atoms with Crippen LogP contribution in [0, 0.1) is 13.8 Å². The van der Waals surface area contributed by atoms with E-state index < -0.39 is 33.2 Å². The van der Waals surface area contributed by atoms with Gasteiger partial charge in [-0.15, -0.1) is 0 Å². The van der Waals surface area contributed by atoms with E-state index in [1.54, 1.807) is 40.7 Å². The molecule has 0 bridgehead atoms. The van der Waals surface area contributed by atoms with Gasteiger partial charge in [0.05, 0.1) is 10.6 Å². The smallest absolute Gasteiger partial charge is 0.321 e. The number of sulfonamides is 1. The van der Waals surface area contributed by atoms with Crippen molar-refractivity contribution < 1.29 is 26.4 Å².